The number of hydrogen-bond acceptors (Lipinski definition) is 3. The highest BCUT2D eigenvalue weighted by molar-refractivity contribution is 5.13. The molecule has 0 unspecified atom stereocenters. The van der Waals surface area contributed by atoms with E-state index in [2.05, 4.69) is 0 Å². The summed E-state index contributed by atoms with van der Waals surface area (Å²) in [7, 11) is 0. The minimum atomic E-state index is -0.788. The Bertz CT molecular complexity index is 274. The third kappa shape index (κ3) is 4.31. The van der Waals surface area contributed by atoms with Crippen LogP contribution in [0.4, 0.5) is 0 Å². The molecule has 0 amide bonds. The normalized spacial score (nSPS) is 14.7. The van der Waals surface area contributed by atoms with Crippen molar-refractivity contribution in [1.82, 2.24) is 0 Å². The van der Waals surface area contributed by atoms with Gasteiger partial charge in [0.1, 0.15) is 6.10 Å². The van der Waals surface area contributed by atoms with Crippen molar-refractivity contribution < 1.29 is 14.9 Å². The molecule has 0 fully saturated rings. The fourth-order valence-electron chi connectivity index (χ4n) is 1.57. The van der Waals surface area contributed by atoms with Gasteiger partial charge in [0.05, 0.1) is 19.3 Å². The lowest BCUT2D eigenvalue weighted by molar-refractivity contribution is -0.0684. The summed E-state index contributed by atoms with van der Waals surface area (Å²) in [5.41, 5.74) is 1.08. The number of ether oxygens (including phenoxy) is 1. The van der Waals surface area contributed by atoms with Crippen LogP contribution in [0, 0.1) is 0 Å². The third-order valence-corrected chi connectivity index (χ3v) is 2.50. The van der Waals surface area contributed by atoms with Gasteiger partial charge in [-0.25, -0.2) is 0 Å². The Labute approximate surface area is 96.7 Å². The van der Waals surface area contributed by atoms with E-state index in [1.165, 1.54) is 0 Å². The number of benzene rings is 1. The summed E-state index contributed by atoms with van der Waals surface area (Å²) in [5, 5.41) is 18.5. The first-order valence-electron chi connectivity index (χ1n) is 5.72. The first-order valence-corrected chi connectivity index (χ1v) is 5.72. The molecule has 2 atom stereocenters. The highest BCUT2D eigenvalue weighted by atomic mass is 16.5. The van der Waals surface area contributed by atoms with Gasteiger partial charge in [0.15, 0.2) is 0 Å². The summed E-state index contributed by atoms with van der Waals surface area (Å²) in [5.74, 6) is 0. The van der Waals surface area contributed by atoms with Crippen LogP contribution in [0.15, 0.2) is 30.3 Å². The third-order valence-electron chi connectivity index (χ3n) is 2.50. The fourth-order valence-corrected chi connectivity index (χ4v) is 1.57. The van der Waals surface area contributed by atoms with E-state index in [1.807, 2.05) is 37.3 Å². The minimum absolute atomic E-state index is 0.251. The SMILES string of the molecule is CCC[C@@H](OCc1ccccc1)[C@@H](O)CO. The lowest BCUT2D eigenvalue weighted by atomic mass is 10.1. The van der Waals surface area contributed by atoms with E-state index >= 15 is 0 Å². The van der Waals surface area contributed by atoms with Crippen molar-refractivity contribution in [2.45, 2.75) is 38.6 Å². The van der Waals surface area contributed by atoms with E-state index in [1.54, 1.807) is 0 Å². The monoisotopic (exact) mass is 224 g/mol. The average molecular weight is 224 g/mol. The molecule has 0 heterocycles. The van der Waals surface area contributed by atoms with Crippen molar-refractivity contribution in [3.8, 4) is 0 Å². The highest BCUT2D eigenvalue weighted by Crippen LogP contribution is 2.11. The van der Waals surface area contributed by atoms with E-state index in [0.29, 0.717) is 6.61 Å². The lowest BCUT2D eigenvalue weighted by Gasteiger charge is -2.21. The van der Waals surface area contributed by atoms with E-state index < -0.39 is 6.10 Å². The molecule has 2 N–H and O–H groups in total. The molecular formula is C13H20O3. The molecule has 16 heavy (non-hydrogen) atoms. The summed E-state index contributed by atoms with van der Waals surface area (Å²) in [4.78, 5) is 0. The largest absolute Gasteiger partial charge is 0.394 e. The molecule has 1 rings (SSSR count). The Balaban J connectivity index is 2.43. The fraction of sp³-hybridized carbons (Fsp3) is 0.538. The molecule has 0 spiro atoms. The van der Waals surface area contributed by atoms with Gasteiger partial charge in [-0.1, -0.05) is 43.7 Å². The molecule has 0 saturated heterocycles. The maximum atomic E-state index is 9.55. The van der Waals surface area contributed by atoms with Crippen molar-refractivity contribution in [1.29, 1.82) is 0 Å². The molecule has 0 aromatic heterocycles. The molecule has 1 aromatic carbocycles. The van der Waals surface area contributed by atoms with E-state index in [-0.39, 0.29) is 12.7 Å². The summed E-state index contributed by atoms with van der Waals surface area (Å²) in [6.07, 6.45) is 0.615. The second kappa shape index (κ2) is 7.39. The number of hydrogen-bond donors (Lipinski definition) is 2. The van der Waals surface area contributed by atoms with Gasteiger partial charge in [-0.15, -0.1) is 0 Å². The first kappa shape index (κ1) is 13.2. The topological polar surface area (TPSA) is 49.7 Å². The number of aliphatic hydroxyl groups excluding tert-OH is 2. The van der Waals surface area contributed by atoms with Crippen molar-refractivity contribution in [3.63, 3.8) is 0 Å². The molecule has 3 nitrogen and oxygen atoms in total. The van der Waals surface area contributed by atoms with Crippen molar-refractivity contribution in [2.24, 2.45) is 0 Å². The van der Waals surface area contributed by atoms with Crippen LogP contribution in [0.2, 0.25) is 0 Å². The van der Waals surface area contributed by atoms with Crippen LogP contribution in [0.25, 0.3) is 0 Å². The Morgan fingerprint density at radius 1 is 1.25 bits per heavy atom. The molecule has 0 aliphatic rings. The van der Waals surface area contributed by atoms with Gasteiger partial charge in [-0.3, -0.25) is 0 Å². The first-order chi connectivity index (χ1) is 7.77. The smallest absolute Gasteiger partial charge is 0.103 e. The van der Waals surface area contributed by atoms with Crippen LogP contribution in [-0.4, -0.2) is 29.0 Å². The van der Waals surface area contributed by atoms with Gasteiger partial charge < -0.3 is 14.9 Å². The lowest BCUT2D eigenvalue weighted by Crippen LogP contribution is -2.31. The molecule has 0 aliphatic heterocycles. The maximum Gasteiger partial charge on any atom is 0.103 e. The Morgan fingerprint density at radius 2 is 1.94 bits per heavy atom. The van der Waals surface area contributed by atoms with E-state index in [4.69, 9.17) is 9.84 Å². The van der Waals surface area contributed by atoms with Crippen LogP contribution in [0.1, 0.15) is 25.3 Å². The Morgan fingerprint density at radius 3 is 2.50 bits per heavy atom. The van der Waals surface area contributed by atoms with E-state index in [9.17, 15) is 5.11 Å². The molecule has 0 saturated carbocycles. The van der Waals surface area contributed by atoms with Gasteiger partial charge >= 0.3 is 0 Å². The second-order valence-electron chi connectivity index (χ2n) is 3.87. The molecule has 0 bridgehead atoms. The predicted molar refractivity (Wildman–Crippen MR) is 63.0 cm³/mol. The van der Waals surface area contributed by atoms with Crippen LogP contribution >= 0.6 is 0 Å². The van der Waals surface area contributed by atoms with Crippen molar-refractivity contribution in [3.05, 3.63) is 35.9 Å². The molecule has 0 aliphatic carbocycles. The van der Waals surface area contributed by atoms with Crippen LogP contribution in [0.5, 0.6) is 0 Å². The highest BCUT2D eigenvalue weighted by Gasteiger charge is 2.17. The summed E-state index contributed by atoms with van der Waals surface area (Å²) < 4.78 is 5.61. The second-order valence-corrected chi connectivity index (χ2v) is 3.87. The van der Waals surface area contributed by atoms with Gasteiger partial charge in [-0.05, 0) is 12.0 Å². The standard InChI is InChI=1S/C13H20O3/c1-2-6-13(12(15)9-14)16-10-11-7-4-3-5-8-11/h3-5,7-8,12-15H,2,6,9-10H2,1H3/t12-,13+/m0/s1. The zero-order valence-corrected chi connectivity index (χ0v) is 9.67. The Hall–Kier alpha value is -0.900. The van der Waals surface area contributed by atoms with Gasteiger partial charge in [-0.2, -0.15) is 0 Å². The summed E-state index contributed by atoms with van der Waals surface area (Å²) in [6.45, 7) is 2.25. The number of rotatable bonds is 7. The maximum absolute atomic E-state index is 9.55. The predicted octanol–water partition coefficient (Wildman–Crippen LogP) is 1.73. The molecule has 0 radical (unpaired) electrons. The van der Waals surface area contributed by atoms with Crippen LogP contribution < -0.4 is 0 Å². The van der Waals surface area contributed by atoms with Gasteiger partial charge in [0.2, 0.25) is 0 Å². The zero-order valence-electron chi connectivity index (χ0n) is 9.67. The van der Waals surface area contributed by atoms with E-state index in [0.717, 1.165) is 18.4 Å². The zero-order chi connectivity index (χ0) is 11.8. The van der Waals surface area contributed by atoms with Crippen LogP contribution in [-0.2, 0) is 11.3 Å². The molecule has 90 valence electrons. The molecule has 3 heteroatoms. The summed E-state index contributed by atoms with van der Waals surface area (Å²) in [6, 6.07) is 9.82. The minimum Gasteiger partial charge on any atom is -0.394 e. The summed E-state index contributed by atoms with van der Waals surface area (Å²) >= 11 is 0. The van der Waals surface area contributed by atoms with Crippen LogP contribution in [0.3, 0.4) is 0 Å². The molecular weight excluding hydrogens is 204 g/mol. The quantitative estimate of drug-likeness (QED) is 0.741. The van der Waals surface area contributed by atoms with Crippen molar-refractivity contribution >= 4 is 0 Å². The Kier molecular flexibility index (Phi) is 6.08. The van der Waals surface area contributed by atoms with Gasteiger partial charge in [0.25, 0.3) is 0 Å². The van der Waals surface area contributed by atoms with Crippen molar-refractivity contribution in [2.75, 3.05) is 6.61 Å². The average Bonchev–Trinajstić information content (AvgIpc) is 2.34. The number of aliphatic hydroxyl groups is 2. The van der Waals surface area contributed by atoms with Gasteiger partial charge in [0, 0.05) is 0 Å². The molecule has 1 aromatic rings.